The van der Waals surface area contributed by atoms with Crippen molar-refractivity contribution in [1.29, 1.82) is 0 Å². The van der Waals surface area contributed by atoms with Crippen molar-refractivity contribution in [2.75, 3.05) is 27.2 Å². The third-order valence-corrected chi connectivity index (χ3v) is 3.38. The van der Waals surface area contributed by atoms with Crippen LogP contribution in [0.3, 0.4) is 0 Å². The van der Waals surface area contributed by atoms with Crippen molar-refractivity contribution in [3.05, 3.63) is 29.8 Å². The number of benzene rings is 1. The number of phenolic OH excluding ortho intramolecular Hbond substituents is 1. The van der Waals surface area contributed by atoms with Crippen LogP contribution in [0, 0.1) is 0 Å². The van der Waals surface area contributed by atoms with Gasteiger partial charge in [-0.3, -0.25) is 4.90 Å². The molecule has 0 spiro atoms. The summed E-state index contributed by atoms with van der Waals surface area (Å²) in [6.07, 6.45) is 0.601. The summed E-state index contributed by atoms with van der Waals surface area (Å²) in [5.41, 5.74) is 1.09. The molecule has 2 rings (SSSR count). The number of hydrogen-bond donors (Lipinski definition) is 2. The van der Waals surface area contributed by atoms with Crippen LogP contribution in [0.4, 0.5) is 0 Å². The third kappa shape index (κ3) is 3.45. The van der Waals surface area contributed by atoms with Crippen LogP contribution in [-0.4, -0.2) is 59.3 Å². The summed E-state index contributed by atoms with van der Waals surface area (Å²) < 4.78 is 0. The Morgan fingerprint density at radius 3 is 2.83 bits per heavy atom. The van der Waals surface area contributed by atoms with E-state index in [4.69, 9.17) is 0 Å². The van der Waals surface area contributed by atoms with Gasteiger partial charge < -0.3 is 15.1 Å². The second-order valence-corrected chi connectivity index (χ2v) is 5.40. The van der Waals surface area contributed by atoms with E-state index in [1.807, 2.05) is 12.1 Å². The molecule has 1 aromatic carbocycles. The molecule has 18 heavy (non-hydrogen) atoms. The van der Waals surface area contributed by atoms with Crippen molar-refractivity contribution in [1.82, 2.24) is 9.80 Å². The van der Waals surface area contributed by atoms with Gasteiger partial charge in [-0.1, -0.05) is 12.1 Å². The van der Waals surface area contributed by atoms with Crippen LogP contribution in [0.25, 0.3) is 0 Å². The lowest BCUT2D eigenvalue weighted by atomic mass is 10.1. The van der Waals surface area contributed by atoms with E-state index in [-0.39, 0.29) is 6.10 Å². The summed E-state index contributed by atoms with van der Waals surface area (Å²) in [6, 6.07) is 7.73. The van der Waals surface area contributed by atoms with Crippen molar-refractivity contribution in [3.8, 4) is 5.75 Å². The first-order valence-corrected chi connectivity index (χ1v) is 6.39. The molecule has 2 atom stereocenters. The zero-order valence-corrected chi connectivity index (χ0v) is 11.1. The predicted octanol–water partition coefficient (Wildman–Crippen LogP) is 0.889. The number of aliphatic hydroxyl groups is 1. The molecule has 0 aromatic heterocycles. The highest BCUT2D eigenvalue weighted by atomic mass is 16.3. The van der Waals surface area contributed by atoms with E-state index in [0.717, 1.165) is 25.1 Å². The summed E-state index contributed by atoms with van der Waals surface area (Å²) in [5.74, 6) is 0.302. The van der Waals surface area contributed by atoms with E-state index in [1.54, 1.807) is 12.1 Å². The van der Waals surface area contributed by atoms with E-state index in [0.29, 0.717) is 18.3 Å². The van der Waals surface area contributed by atoms with Crippen molar-refractivity contribution < 1.29 is 10.2 Å². The topological polar surface area (TPSA) is 46.9 Å². The number of nitrogens with zero attached hydrogens (tertiary/aromatic N) is 2. The fourth-order valence-electron chi connectivity index (χ4n) is 2.65. The largest absolute Gasteiger partial charge is 0.508 e. The Bertz CT molecular complexity index is 395. The second-order valence-electron chi connectivity index (χ2n) is 5.40. The Hall–Kier alpha value is -1.10. The van der Waals surface area contributed by atoms with Crippen LogP contribution in [0.1, 0.15) is 12.0 Å². The Balaban J connectivity index is 2.02. The molecule has 1 aliphatic rings. The molecule has 0 saturated carbocycles. The highest BCUT2D eigenvalue weighted by Gasteiger charge is 2.30. The highest BCUT2D eigenvalue weighted by Crippen LogP contribution is 2.22. The number of rotatable bonds is 4. The van der Waals surface area contributed by atoms with Crippen LogP contribution in [-0.2, 0) is 6.54 Å². The van der Waals surface area contributed by atoms with Gasteiger partial charge in [0.2, 0.25) is 0 Å². The van der Waals surface area contributed by atoms with Gasteiger partial charge in [0.1, 0.15) is 5.75 Å². The lowest BCUT2D eigenvalue weighted by Gasteiger charge is -2.26. The average Bonchev–Trinajstić information content (AvgIpc) is 2.58. The first-order chi connectivity index (χ1) is 8.54. The van der Waals surface area contributed by atoms with Gasteiger partial charge in [0, 0.05) is 25.7 Å². The SMILES string of the molecule is CN(C)CC1CC(O)CN1Cc1cccc(O)c1. The van der Waals surface area contributed by atoms with Gasteiger partial charge in [-0.05, 0) is 38.2 Å². The number of β-amino-alcohol motifs (C(OH)–C–C–N with tert-alkyl or cyclic N) is 1. The number of aromatic hydroxyl groups is 1. The molecule has 1 aromatic rings. The van der Waals surface area contributed by atoms with Gasteiger partial charge in [-0.2, -0.15) is 0 Å². The molecule has 1 fully saturated rings. The van der Waals surface area contributed by atoms with Gasteiger partial charge in [0.15, 0.2) is 0 Å². The monoisotopic (exact) mass is 250 g/mol. The summed E-state index contributed by atoms with van der Waals surface area (Å²) in [7, 11) is 4.11. The minimum Gasteiger partial charge on any atom is -0.508 e. The van der Waals surface area contributed by atoms with Crippen LogP contribution >= 0.6 is 0 Å². The first-order valence-electron chi connectivity index (χ1n) is 6.39. The summed E-state index contributed by atoms with van der Waals surface area (Å²) in [6.45, 7) is 2.45. The molecule has 1 heterocycles. The van der Waals surface area contributed by atoms with Crippen LogP contribution in [0.5, 0.6) is 5.75 Å². The lowest BCUT2D eigenvalue weighted by Crippen LogP contribution is -2.37. The third-order valence-electron chi connectivity index (χ3n) is 3.38. The minimum atomic E-state index is -0.229. The zero-order valence-electron chi connectivity index (χ0n) is 11.1. The molecule has 100 valence electrons. The summed E-state index contributed by atoms with van der Waals surface area (Å²) >= 11 is 0. The Morgan fingerprint density at radius 1 is 1.39 bits per heavy atom. The maximum Gasteiger partial charge on any atom is 0.115 e. The Morgan fingerprint density at radius 2 is 2.17 bits per heavy atom. The molecule has 0 amide bonds. The number of aliphatic hydroxyl groups excluding tert-OH is 1. The van der Waals surface area contributed by atoms with Gasteiger partial charge in [0.05, 0.1) is 6.10 Å². The molecular formula is C14H22N2O2. The number of likely N-dealkylation sites (tertiary alicyclic amines) is 1. The van der Waals surface area contributed by atoms with E-state index >= 15 is 0 Å². The normalized spacial score (nSPS) is 24.9. The van der Waals surface area contributed by atoms with Gasteiger partial charge in [0.25, 0.3) is 0 Å². The van der Waals surface area contributed by atoms with E-state index in [1.165, 1.54) is 0 Å². The molecule has 2 unspecified atom stereocenters. The molecule has 2 N–H and O–H groups in total. The fourth-order valence-corrected chi connectivity index (χ4v) is 2.65. The average molecular weight is 250 g/mol. The quantitative estimate of drug-likeness (QED) is 0.833. The molecular weight excluding hydrogens is 228 g/mol. The van der Waals surface area contributed by atoms with Crippen LogP contribution in [0.15, 0.2) is 24.3 Å². The van der Waals surface area contributed by atoms with Crippen LogP contribution < -0.4 is 0 Å². The summed E-state index contributed by atoms with van der Waals surface area (Å²) in [5, 5.41) is 19.3. The molecule has 0 radical (unpaired) electrons. The molecule has 1 saturated heterocycles. The van der Waals surface area contributed by atoms with Crippen molar-refractivity contribution in [2.45, 2.75) is 25.1 Å². The van der Waals surface area contributed by atoms with Gasteiger partial charge in [-0.15, -0.1) is 0 Å². The van der Waals surface area contributed by atoms with E-state index < -0.39 is 0 Å². The molecule has 0 aliphatic carbocycles. The Labute approximate surface area is 108 Å². The maximum absolute atomic E-state index is 9.81. The maximum atomic E-state index is 9.81. The summed E-state index contributed by atoms with van der Waals surface area (Å²) in [4.78, 5) is 4.44. The van der Waals surface area contributed by atoms with Crippen LogP contribution in [0.2, 0.25) is 0 Å². The van der Waals surface area contributed by atoms with Crippen molar-refractivity contribution in [2.24, 2.45) is 0 Å². The smallest absolute Gasteiger partial charge is 0.115 e. The van der Waals surface area contributed by atoms with E-state index in [2.05, 4.69) is 23.9 Å². The highest BCUT2D eigenvalue weighted by molar-refractivity contribution is 5.27. The second kappa shape index (κ2) is 5.69. The molecule has 4 nitrogen and oxygen atoms in total. The van der Waals surface area contributed by atoms with Crippen molar-refractivity contribution >= 4 is 0 Å². The predicted molar refractivity (Wildman–Crippen MR) is 71.5 cm³/mol. The zero-order chi connectivity index (χ0) is 13.1. The first kappa shape index (κ1) is 13.3. The standard InChI is InChI=1S/C14H22N2O2/c1-15(2)9-12-7-14(18)10-16(12)8-11-4-3-5-13(17)6-11/h3-6,12,14,17-18H,7-10H2,1-2H3. The van der Waals surface area contributed by atoms with Gasteiger partial charge in [-0.25, -0.2) is 0 Å². The van der Waals surface area contributed by atoms with E-state index in [9.17, 15) is 10.2 Å². The Kier molecular flexibility index (Phi) is 4.22. The number of likely N-dealkylation sites (N-methyl/N-ethyl adjacent to an activating group) is 1. The van der Waals surface area contributed by atoms with Gasteiger partial charge >= 0.3 is 0 Å². The molecule has 1 aliphatic heterocycles. The number of hydrogen-bond acceptors (Lipinski definition) is 4. The molecule has 4 heteroatoms. The minimum absolute atomic E-state index is 0.229. The molecule has 0 bridgehead atoms. The van der Waals surface area contributed by atoms with Crippen molar-refractivity contribution in [3.63, 3.8) is 0 Å². The fraction of sp³-hybridized carbons (Fsp3) is 0.571. The number of phenols is 1. The lowest BCUT2D eigenvalue weighted by molar-refractivity contribution is 0.169.